The summed E-state index contributed by atoms with van der Waals surface area (Å²) in [6.07, 6.45) is 3.60. The van der Waals surface area contributed by atoms with Crippen LogP contribution in [0.3, 0.4) is 0 Å². The van der Waals surface area contributed by atoms with Crippen molar-refractivity contribution in [2.75, 3.05) is 0 Å². The van der Waals surface area contributed by atoms with E-state index in [1.807, 2.05) is 10.8 Å². The molecular weight excluding hydrogens is 336 g/mol. The standard InChI is InChI=1S/C19H18N2OS2/c22-18(10-15-12-24-19(20-15)14-8-9-23-11-14)21-17-7-3-5-13-4-1-2-6-16(13)17/h1-2,4,6,8-9,11-12,17H,3,5,7,10H2,(H,21,22)/t17-/m0/s1. The van der Waals surface area contributed by atoms with Gasteiger partial charge in [-0.25, -0.2) is 4.98 Å². The summed E-state index contributed by atoms with van der Waals surface area (Å²) in [4.78, 5) is 17.0. The molecule has 0 saturated heterocycles. The summed E-state index contributed by atoms with van der Waals surface area (Å²) in [5, 5.41) is 10.3. The number of hydrogen-bond donors (Lipinski definition) is 1. The van der Waals surface area contributed by atoms with Gasteiger partial charge in [-0.2, -0.15) is 11.3 Å². The maximum Gasteiger partial charge on any atom is 0.226 e. The molecule has 5 heteroatoms. The van der Waals surface area contributed by atoms with Crippen LogP contribution >= 0.6 is 22.7 Å². The Kier molecular flexibility index (Phi) is 4.45. The third-order valence-electron chi connectivity index (χ3n) is 4.37. The molecule has 3 nitrogen and oxygen atoms in total. The number of aryl methyl sites for hydroxylation is 1. The Morgan fingerprint density at radius 2 is 2.17 bits per heavy atom. The number of amides is 1. The molecule has 2 heterocycles. The van der Waals surface area contributed by atoms with Crippen LogP contribution in [-0.4, -0.2) is 10.9 Å². The first-order valence-corrected chi connectivity index (χ1v) is 9.96. The lowest BCUT2D eigenvalue weighted by Gasteiger charge is -2.26. The molecule has 1 atom stereocenters. The summed E-state index contributed by atoms with van der Waals surface area (Å²) in [6, 6.07) is 10.6. The van der Waals surface area contributed by atoms with Gasteiger partial charge in [0.2, 0.25) is 5.91 Å². The minimum Gasteiger partial charge on any atom is -0.349 e. The van der Waals surface area contributed by atoms with Crippen molar-refractivity contribution in [3.8, 4) is 10.6 Å². The highest BCUT2D eigenvalue weighted by Gasteiger charge is 2.21. The van der Waals surface area contributed by atoms with Crippen LogP contribution in [0.4, 0.5) is 0 Å². The number of fused-ring (bicyclic) bond motifs is 1. The fourth-order valence-corrected chi connectivity index (χ4v) is 4.75. The number of thiophene rings is 1. The molecule has 2 aromatic heterocycles. The molecule has 0 bridgehead atoms. The van der Waals surface area contributed by atoms with E-state index in [-0.39, 0.29) is 11.9 Å². The molecule has 1 aliphatic carbocycles. The number of thiazole rings is 1. The molecule has 0 spiro atoms. The molecular formula is C19H18N2OS2. The third-order valence-corrected chi connectivity index (χ3v) is 5.99. The summed E-state index contributed by atoms with van der Waals surface area (Å²) in [5.41, 5.74) is 4.62. The Morgan fingerprint density at radius 1 is 1.25 bits per heavy atom. The van der Waals surface area contributed by atoms with E-state index in [4.69, 9.17) is 0 Å². The Balaban J connectivity index is 1.43. The molecule has 3 aromatic rings. The Bertz CT molecular complexity index is 839. The summed E-state index contributed by atoms with van der Waals surface area (Å²) < 4.78 is 0. The first-order chi connectivity index (χ1) is 11.8. The quantitative estimate of drug-likeness (QED) is 0.743. The van der Waals surface area contributed by atoms with Crippen LogP contribution in [0.25, 0.3) is 10.6 Å². The molecule has 0 saturated carbocycles. The summed E-state index contributed by atoms with van der Waals surface area (Å²) in [7, 11) is 0. The molecule has 0 radical (unpaired) electrons. The van der Waals surface area contributed by atoms with Gasteiger partial charge >= 0.3 is 0 Å². The number of rotatable bonds is 4. The molecule has 0 fully saturated rings. The predicted octanol–water partition coefficient (Wildman–Crippen LogP) is 4.61. The van der Waals surface area contributed by atoms with Gasteiger partial charge in [0.05, 0.1) is 18.2 Å². The van der Waals surface area contributed by atoms with E-state index < -0.39 is 0 Å². The van der Waals surface area contributed by atoms with E-state index in [1.165, 1.54) is 11.1 Å². The maximum atomic E-state index is 12.4. The van der Waals surface area contributed by atoms with Crippen LogP contribution in [0.15, 0.2) is 46.5 Å². The topological polar surface area (TPSA) is 42.0 Å². The Morgan fingerprint density at radius 3 is 3.04 bits per heavy atom. The first kappa shape index (κ1) is 15.5. The predicted molar refractivity (Wildman–Crippen MR) is 99.4 cm³/mol. The molecule has 24 heavy (non-hydrogen) atoms. The van der Waals surface area contributed by atoms with E-state index in [9.17, 15) is 4.79 Å². The lowest BCUT2D eigenvalue weighted by atomic mass is 9.87. The molecule has 1 aromatic carbocycles. The van der Waals surface area contributed by atoms with Crippen molar-refractivity contribution < 1.29 is 4.79 Å². The van der Waals surface area contributed by atoms with Crippen LogP contribution in [0, 0.1) is 0 Å². The molecule has 1 amide bonds. The van der Waals surface area contributed by atoms with Gasteiger partial charge in [0.15, 0.2) is 0 Å². The van der Waals surface area contributed by atoms with Gasteiger partial charge in [-0.3, -0.25) is 4.79 Å². The smallest absolute Gasteiger partial charge is 0.226 e. The molecule has 1 aliphatic rings. The highest BCUT2D eigenvalue weighted by molar-refractivity contribution is 7.14. The fourth-order valence-electron chi connectivity index (χ4n) is 3.22. The lowest BCUT2D eigenvalue weighted by molar-refractivity contribution is -0.121. The van der Waals surface area contributed by atoms with E-state index in [0.29, 0.717) is 6.42 Å². The fraction of sp³-hybridized carbons (Fsp3) is 0.263. The Labute approximate surface area is 149 Å². The van der Waals surface area contributed by atoms with Crippen molar-refractivity contribution in [2.45, 2.75) is 31.7 Å². The van der Waals surface area contributed by atoms with Gasteiger partial charge in [-0.15, -0.1) is 11.3 Å². The van der Waals surface area contributed by atoms with Crippen LogP contribution in [0.5, 0.6) is 0 Å². The second kappa shape index (κ2) is 6.87. The highest BCUT2D eigenvalue weighted by Crippen LogP contribution is 2.30. The number of nitrogens with one attached hydrogen (secondary N) is 1. The first-order valence-electron chi connectivity index (χ1n) is 8.14. The summed E-state index contributed by atoms with van der Waals surface area (Å²) in [6.45, 7) is 0. The molecule has 0 unspecified atom stereocenters. The monoisotopic (exact) mass is 354 g/mol. The lowest BCUT2D eigenvalue weighted by Crippen LogP contribution is -2.32. The second-order valence-electron chi connectivity index (χ2n) is 6.04. The summed E-state index contributed by atoms with van der Waals surface area (Å²) >= 11 is 3.26. The largest absolute Gasteiger partial charge is 0.349 e. The molecule has 4 rings (SSSR count). The SMILES string of the molecule is O=C(Cc1csc(-c2ccsc2)n1)N[C@H]1CCCc2ccccc21. The van der Waals surface area contributed by atoms with Crippen molar-refractivity contribution in [3.05, 3.63) is 63.3 Å². The Hall–Kier alpha value is -1.98. The molecule has 122 valence electrons. The van der Waals surface area contributed by atoms with Crippen molar-refractivity contribution in [3.63, 3.8) is 0 Å². The maximum absolute atomic E-state index is 12.4. The van der Waals surface area contributed by atoms with Gasteiger partial charge < -0.3 is 5.32 Å². The number of nitrogens with zero attached hydrogens (tertiary/aromatic N) is 1. The van der Waals surface area contributed by atoms with Crippen molar-refractivity contribution in [1.29, 1.82) is 0 Å². The van der Waals surface area contributed by atoms with Gasteiger partial charge in [0.1, 0.15) is 5.01 Å². The van der Waals surface area contributed by atoms with E-state index >= 15 is 0 Å². The van der Waals surface area contributed by atoms with Crippen LogP contribution < -0.4 is 5.32 Å². The normalized spacial score (nSPS) is 16.6. The van der Waals surface area contributed by atoms with Gasteiger partial charge in [-0.1, -0.05) is 24.3 Å². The van der Waals surface area contributed by atoms with Crippen molar-refractivity contribution >= 4 is 28.6 Å². The number of carbonyl (C=O) groups excluding carboxylic acids is 1. The van der Waals surface area contributed by atoms with E-state index in [1.54, 1.807) is 22.7 Å². The van der Waals surface area contributed by atoms with Crippen molar-refractivity contribution in [1.82, 2.24) is 10.3 Å². The number of benzene rings is 1. The molecule has 1 N–H and O–H groups in total. The number of hydrogen-bond acceptors (Lipinski definition) is 4. The minimum absolute atomic E-state index is 0.0545. The van der Waals surface area contributed by atoms with Gasteiger partial charge in [-0.05, 0) is 41.8 Å². The third kappa shape index (κ3) is 3.28. The second-order valence-corrected chi connectivity index (χ2v) is 7.68. The zero-order valence-electron chi connectivity index (χ0n) is 13.2. The minimum atomic E-state index is 0.0545. The van der Waals surface area contributed by atoms with Crippen LogP contribution in [-0.2, 0) is 17.6 Å². The van der Waals surface area contributed by atoms with E-state index in [0.717, 1.165) is 35.5 Å². The number of aromatic nitrogens is 1. The van der Waals surface area contributed by atoms with Crippen LogP contribution in [0.1, 0.15) is 35.7 Å². The summed E-state index contributed by atoms with van der Waals surface area (Å²) in [5.74, 6) is 0.0545. The molecule has 0 aliphatic heterocycles. The van der Waals surface area contributed by atoms with E-state index in [2.05, 4.69) is 46.0 Å². The number of carbonyl (C=O) groups is 1. The average Bonchev–Trinajstić information content (AvgIpc) is 3.26. The zero-order valence-corrected chi connectivity index (χ0v) is 14.8. The van der Waals surface area contributed by atoms with Crippen LogP contribution in [0.2, 0.25) is 0 Å². The zero-order chi connectivity index (χ0) is 16.4. The highest BCUT2D eigenvalue weighted by atomic mass is 32.1. The van der Waals surface area contributed by atoms with Gasteiger partial charge in [0.25, 0.3) is 0 Å². The van der Waals surface area contributed by atoms with Crippen molar-refractivity contribution in [2.24, 2.45) is 0 Å². The average molecular weight is 355 g/mol. The van der Waals surface area contributed by atoms with Gasteiger partial charge in [0, 0.05) is 16.3 Å².